The summed E-state index contributed by atoms with van der Waals surface area (Å²) >= 11 is 0. The monoisotopic (exact) mass is 290 g/mol. The summed E-state index contributed by atoms with van der Waals surface area (Å²) in [5.41, 5.74) is 0.476. The van der Waals surface area contributed by atoms with Crippen molar-refractivity contribution in [1.82, 2.24) is 10.1 Å². The van der Waals surface area contributed by atoms with E-state index in [0.717, 1.165) is 19.3 Å². The minimum atomic E-state index is -0.376. The summed E-state index contributed by atoms with van der Waals surface area (Å²) in [6.45, 7) is 2.32. The van der Waals surface area contributed by atoms with E-state index in [-0.39, 0.29) is 12.6 Å². The zero-order valence-corrected chi connectivity index (χ0v) is 12.2. The summed E-state index contributed by atoms with van der Waals surface area (Å²) in [5.74, 6) is 1.39. The van der Waals surface area contributed by atoms with Crippen molar-refractivity contribution in [2.24, 2.45) is 0 Å². The molecule has 0 amide bonds. The molecule has 0 aliphatic rings. The molecule has 0 radical (unpaired) electrons. The molecule has 0 bridgehead atoms. The molecule has 0 atom stereocenters. The zero-order chi connectivity index (χ0) is 15.1. The van der Waals surface area contributed by atoms with Gasteiger partial charge in [0.15, 0.2) is 12.4 Å². The first-order valence-corrected chi connectivity index (χ1v) is 6.85. The van der Waals surface area contributed by atoms with Gasteiger partial charge >= 0.3 is 5.97 Å². The van der Waals surface area contributed by atoms with E-state index in [2.05, 4.69) is 21.8 Å². The van der Waals surface area contributed by atoms with Crippen LogP contribution in [0, 0.1) is 0 Å². The molecule has 0 unspecified atom stereocenters. The number of nitrogens with zero attached hydrogens (tertiary/aromatic N) is 2. The number of aryl methyl sites for hydroxylation is 1. The highest BCUT2D eigenvalue weighted by Gasteiger charge is 2.08. The summed E-state index contributed by atoms with van der Waals surface area (Å²) < 4.78 is 15.3. The van der Waals surface area contributed by atoms with Crippen molar-refractivity contribution in [3.05, 3.63) is 41.5 Å². The van der Waals surface area contributed by atoms with Crippen molar-refractivity contribution in [3.8, 4) is 5.75 Å². The highest BCUT2D eigenvalue weighted by Crippen LogP contribution is 2.14. The maximum atomic E-state index is 11.3. The van der Waals surface area contributed by atoms with Crippen LogP contribution in [0.25, 0.3) is 0 Å². The molecular formula is C15H18N2O4. The summed E-state index contributed by atoms with van der Waals surface area (Å²) in [6.07, 6.45) is 2.94. The van der Waals surface area contributed by atoms with Gasteiger partial charge in [-0.3, -0.25) is 0 Å². The van der Waals surface area contributed by atoms with Crippen molar-refractivity contribution in [2.45, 2.75) is 32.8 Å². The Hall–Kier alpha value is -2.37. The quantitative estimate of drug-likeness (QED) is 0.730. The topological polar surface area (TPSA) is 74.5 Å². The second-order valence-electron chi connectivity index (χ2n) is 4.51. The van der Waals surface area contributed by atoms with E-state index >= 15 is 0 Å². The Morgan fingerprint density at radius 1 is 1.29 bits per heavy atom. The molecule has 112 valence electrons. The fourth-order valence-corrected chi connectivity index (χ4v) is 1.74. The van der Waals surface area contributed by atoms with E-state index in [1.165, 1.54) is 7.11 Å². The number of aromatic nitrogens is 2. The second kappa shape index (κ2) is 7.42. The van der Waals surface area contributed by atoms with Crippen LogP contribution in [0.2, 0.25) is 0 Å². The lowest BCUT2D eigenvalue weighted by molar-refractivity contribution is 0.0600. The second-order valence-corrected chi connectivity index (χ2v) is 4.51. The van der Waals surface area contributed by atoms with Gasteiger partial charge in [0.1, 0.15) is 5.75 Å². The lowest BCUT2D eigenvalue weighted by Gasteiger charge is -2.04. The third-order valence-corrected chi connectivity index (χ3v) is 2.90. The Labute approximate surface area is 123 Å². The number of benzene rings is 1. The predicted octanol–water partition coefficient (Wildman–Crippen LogP) is 2.78. The average molecular weight is 290 g/mol. The van der Waals surface area contributed by atoms with Crippen molar-refractivity contribution in [1.29, 1.82) is 0 Å². The van der Waals surface area contributed by atoms with E-state index in [1.807, 2.05) is 0 Å². The first-order valence-electron chi connectivity index (χ1n) is 6.85. The molecule has 1 aromatic carbocycles. The van der Waals surface area contributed by atoms with Crippen LogP contribution in [-0.2, 0) is 17.8 Å². The molecule has 2 rings (SSSR count). The Balaban J connectivity index is 1.87. The number of hydrogen-bond donors (Lipinski definition) is 0. The van der Waals surface area contributed by atoms with Gasteiger partial charge in [0.2, 0.25) is 0 Å². The zero-order valence-electron chi connectivity index (χ0n) is 12.2. The van der Waals surface area contributed by atoms with Gasteiger partial charge in [0, 0.05) is 6.42 Å². The lowest BCUT2D eigenvalue weighted by atomic mass is 10.2. The van der Waals surface area contributed by atoms with E-state index in [0.29, 0.717) is 23.0 Å². The Morgan fingerprint density at radius 2 is 2.05 bits per heavy atom. The highest BCUT2D eigenvalue weighted by atomic mass is 16.5. The van der Waals surface area contributed by atoms with Crippen LogP contribution in [0.1, 0.15) is 41.8 Å². The third-order valence-electron chi connectivity index (χ3n) is 2.90. The molecule has 21 heavy (non-hydrogen) atoms. The molecular weight excluding hydrogens is 272 g/mol. The molecule has 0 aliphatic heterocycles. The average Bonchev–Trinajstić information content (AvgIpc) is 2.98. The standard InChI is InChI=1S/C15H18N2O4/c1-3-4-5-13-16-14(21-17-13)10-20-12-8-6-11(7-9-12)15(18)19-2/h6-9H,3-5,10H2,1-2H3. The molecule has 1 heterocycles. The van der Waals surface area contributed by atoms with Gasteiger partial charge in [-0.25, -0.2) is 4.79 Å². The molecule has 6 heteroatoms. The third kappa shape index (κ3) is 4.30. The summed E-state index contributed by atoms with van der Waals surface area (Å²) in [4.78, 5) is 15.5. The Morgan fingerprint density at radius 3 is 2.71 bits per heavy atom. The number of unbranched alkanes of at least 4 members (excludes halogenated alkanes) is 1. The van der Waals surface area contributed by atoms with Crippen LogP contribution < -0.4 is 4.74 Å². The smallest absolute Gasteiger partial charge is 0.337 e. The van der Waals surface area contributed by atoms with Crippen molar-refractivity contribution in [2.75, 3.05) is 7.11 Å². The van der Waals surface area contributed by atoms with E-state index in [1.54, 1.807) is 24.3 Å². The summed E-state index contributed by atoms with van der Waals surface area (Å²) in [5, 5.41) is 3.89. The van der Waals surface area contributed by atoms with Crippen LogP contribution in [0.4, 0.5) is 0 Å². The Bertz CT molecular complexity index is 578. The molecule has 1 aromatic heterocycles. The lowest BCUT2D eigenvalue weighted by Crippen LogP contribution is -2.01. The van der Waals surface area contributed by atoms with Crippen LogP contribution in [0.3, 0.4) is 0 Å². The van der Waals surface area contributed by atoms with Gasteiger partial charge in [0.25, 0.3) is 5.89 Å². The van der Waals surface area contributed by atoms with Crippen molar-refractivity contribution >= 4 is 5.97 Å². The summed E-state index contributed by atoms with van der Waals surface area (Å²) in [7, 11) is 1.35. The van der Waals surface area contributed by atoms with Crippen LogP contribution in [-0.4, -0.2) is 23.2 Å². The normalized spacial score (nSPS) is 10.4. The molecule has 0 saturated heterocycles. The number of methoxy groups -OCH3 is 1. The Kier molecular flexibility index (Phi) is 5.31. The first-order chi connectivity index (χ1) is 10.2. The van der Waals surface area contributed by atoms with E-state index < -0.39 is 0 Å². The molecule has 0 fully saturated rings. The maximum Gasteiger partial charge on any atom is 0.337 e. The van der Waals surface area contributed by atoms with Gasteiger partial charge in [-0.15, -0.1) is 0 Å². The number of carbonyl (C=O) groups is 1. The maximum absolute atomic E-state index is 11.3. The molecule has 6 nitrogen and oxygen atoms in total. The highest BCUT2D eigenvalue weighted by molar-refractivity contribution is 5.89. The number of carbonyl (C=O) groups excluding carboxylic acids is 1. The number of ether oxygens (including phenoxy) is 2. The molecule has 0 N–H and O–H groups in total. The van der Waals surface area contributed by atoms with Gasteiger partial charge in [-0.1, -0.05) is 18.5 Å². The number of hydrogen-bond acceptors (Lipinski definition) is 6. The molecule has 0 aliphatic carbocycles. The van der Waals surface area contributed by atoms with E-state index in [9.17, 15) is 4.79 Å². The van der Waals surface area contributed by atoms with Crippen molar-refractivity contribution < 1.29 is 18.8 Å². The fourth-order valence-electron chi connectivity index (χ4n) is 1.74. The van der Waals surface area contributed by atoms with Crippen LogP contribution in [0.5, 0.6) is 5.75 Å². The summed E-state index contributed by atoms with van der Waals surface area (Å²) in [6, 6.07) is 6.67. The number of esters is 1. The van der Waals surface area contributed by atoms with Crippen LogP contribution >= 0.6 is 0 Å². The van der Waals surface area contributed by atoms with Gasteiger partial charge in [0.05, 0.1) is 12.7 Å². The first kappa shape index (κ1) is 15.0. The minimum Gasteiger partial charge on any atom is -0.484 e. The largest absolute Gasteiger partial charge is 0.484 e. The van der Waals surface area contributed by atoms with E-state index in [4.69, 9.17) is 9.26 Å². The molecule has 0 spiro atoms. The van der Waals surface area contributed by atoms with Gasteiger partial charge < -0.3 is 14.0 Å². The van der Waals surface area contributed by atoms with Gasteiger partial charge in [-0.2, -0.15) is 4.98 Å². The van der Waals surface area contributed by atoms with Crippen molar-refractivity contribution in [3.63, 3.8) is 0 Å². The minimum absolute atomic E-state index is 0.205. The molecule has 0 saturated carbocycles. The molecule has 2 aromatic rings. The predicted molar refractivity (Wildman–Crippen MR) is 75.0 cm³/mol. The number of rotatable bonds is 7. The fraction of sp³-hybridized carbons (Fsp3) is 0.400. The van der Waals surface area contributed by atoms with Crippen LogP contribution in [0.15, 0.2) is 28.8 Å². The van der Waals surface area contributed by atoms with Gasteiger partial charge in [-0.05, 0) is 30.7 Å². The SMILES string of the molecule is CCCCc1noc(COc2ccc(C(=O)OC)cc2)n1.